The lowest BCUT2D eigenvalue weighted by molar-refractivity contribution is -0.127. The molecule has 1 unspecified atom stereocenters. The summed E-state index contributed by atoms with van der Waals surface area (Å²) in [5, 5.41) is 9.06. The Morgan fingerprint density at radius 3 is 2.73 bits per heavy atom. The first kappa shape index (κ1) is 28.8. The van der Waals surface area contributed by atoms with Crippen molar-refractivity contribution in [3.63, 3.8) is 0 Å². The van der Waals surface area contributed by atoms with Gasteiger partial charge in [0.1, 0.15) is 16.0 Å². The standard InChI is InChI=1S/C26H40N6O4S/c1-4-32-25(35)21(37-26(32)22(27)24(34)30-18(2)17-36-3)16-29-20-10-7-9-19(15-20)23(33)28-11-8-14-31-12-5-6-13-31/h7,9-10,15,18,21,29H,4-6,8,11-14,16-17,27H2,1-3H3,(H,28,33)(H,30,34)/b26-22+/t18?,21-/m1/s1. The highest BCUT2D eigenvalue weighted by molar-refractivity contribution is 8.04. The van der Waals surface area contributed by atoms with E-state index in [9.17, 15) is 14.4 Å². The van der Waals surface area contributed by atoms with Crippen LogP contribution in [0.4, 0.5) is 5.69 Å². The fourth-order valence-electron chi connectivity index (χ4n) is 4.44. The molecule has 10 nitrogen and oxygen atoms in total. The molecule has 0 aromatic heterocycles. The highest BCUT2D eigenvalue weighted by Gasteiger charge is 2.38. The van der Waals surface area contributed by atoms with Crippen molar-refractivity contribution in [3.05, 3.63) is 40.6 Å². The van der Waals surface area contributed by atoms with Crippen LogP contribution < -0.4 is 21.7 Å². The number of hydrogen-bond donors (Lipinski definition) is 4. The second-order valence-corrected chi connectivity index (χ2v) is 10.5. The average Bonchev–Trinajstić information content (AvgIpc) is 3.52. The van der Waals surface area contributed by atoms with Gasteiger partial charge in [0.05, 0.1) is 6.61 Å². The van der Waals surface area contributed by atoms with Crippen LogP contribution in [0, 0.1) is 0 Å². The van der Waals surface area contributed by atoms with E-state index < -0.39 is 11.2 Å². The Balaban J connectivity index is 1.54. The van der Waals surface area contributed by atoms with Crippen molar-refractivity contribution in [1.82, 2.24) is 20.4 Å². The van der Waals surface area contributed by atoms with Gasteiger partial charge in [0.15, 0.2) is 0 Å². The van der Waals surface area contributed by atoms with Crippen LogP contribution in [0.15, 0.2) is 35.0 Å². The van der Waals surface area contributed by atoms with E-state index in [-0.39, 0.29) is 23.6 Å². The Kier molecular flexibility index (Phi) is 11.1. The number of nitrogens with one attached hydrogen (secondary N) is 3. The van der Waals surface area contributed by atoms with Gasteiger partial charge in [-0.1, -0.05) is 17.8 Å². The van der Waals surface area contributed by atoms with E-state index in [1.54, 1.807) is 24.1 Å². The van der Waals surface area contributed by atoms with Crippen LogP contribution in [-0.2, 0) is 14.3 Å². The largest absolute Gasteiger partial charge is 0.392 e. The predicted molar refractivity (Wildman–Crippen MR) is 147 cm³/mol. The Morgan fingerprint density at radius 1 is 1.27 bits per heavy atom. The summed E-state index contributed by atoms with van der Waals surface area (Å²) < 4.78 is 5.05. The van der Waals surface area contributed by atoms with Gasteiger partial charge in [-0.05, 0) is 70.9 Å². The highest BCUT2D eigenvalue weighted by atomic mass is 32.2. The van der Waals surface area contributed by atoms with E-state index >= 15 is 0 Å². The summed E-state index contributed by atoms with van der Waals surface area (Å²) in [7, 11) is 1.56. The summed E-state index contributed by atoms with van der Waals surface area (Å²) in [5.74, 6) is -0.645. The Morgan fingerprint density at radius 2 is 2.03 bits per heavy atom. The molecule has 2 atom stereocenters. The van der Waals surface area contributed by atoms with Gasteiger partial charge in [0.2, 0.25) is 5.91 Å². The minimum absolute atomic E-state index is 0.0223. The van der Waals surface area contributed by atoms with E-state index in [4.69, 9.17) is 10.5 Å². The fraction of sp³-hybridized carbons (Fsp3) is 0.577. The molecule has 1 aromatic carbocycles. The summed E-state index contributed by atoms with van der Waals surface area (Å²) in [4.78, 5) is 42.1. The van der Waals surface area contributed by atoms with Crippen molar-refractivity contribution < 1.29 is 19.1 Å². The molecule has 0 radical (unpaired) electrons. The Hall–Kier alpha value is -2.76. The number of nitrogens with two attached hydrogens (primary N) is 1. The number of thioether (sulfide) groups is 1. The third kappa shape index (κ3) is 8.11. The molecule has 2 aliphatic rings. The lowest BCUT2D eigenvalue weighted by Crippen LogP contribution is -2.40. The van der Waals surface area contributed by atoms with Gasteiger partial charge >= 0.3 is 0 Å². The topological polar surface area (TPSA) is 129 Å². The Bertz CT molecular complexity index is 982. The quantitative estimate of drug-likeness (QED) is 0.223. The minimum Gasteiger partial charge on any atom is -0.392 e. The monoisotopic (exact) mass is 532 g/mol. The molecule has 2 heterocycles. The zero-order chi connectivity index (χ0) is 26.8. The molecule has 2 saturated heterocycles. The molecule has 2 fully saturated rings. The summed E-state index contributed by atoms with van der Waals surface area (Å²) in [6.07, 6.45) is 3.46. The van der Waals surface area contributed by atoms with Crippen LogP contribution in [0.3, 0.4) is 0 Å². The molecule has 0 spiro atoms. The van der Waals surface area contributed by atoms with Crippen LogP contribution in [0.25, 0.3) is 0 Å². The lowest BCUT2D eigenvalue weighted by Gasteiger charge is -2.18. The Labute approximate surface area is 223 Å². The third-order valence-electron chi connectivity index (χ3n) is 6.38. The average molecular weight is 533 g/mol. The van der Waals surface area contributed by atoms with Gasteiger partial charge in [-0.3, -0.25) is 14.4 Å². The van der Waals surface area contributed by atoms with Crippen LogP contribution >= 0.6 is 11.8 Å². The highest BCUT2D eigenvalue weighted by Crippen LogP contribution is 2.36. The van der Waals surface area contributed by atoms with Crippen LogP contribution in [0.5, 0.6) is 0 Å². The molecule has 37 heavy (non-hydrogen) atoms. The summed E-state index contributed by atoms with van der Waals surface area (Å²) in [6.45, 7) is 8.74. The second kappa shape index (κ2) is 14.3. The number of anilines is 1. The van der Waals surface area contributed by atoms with Gasteiger partial charge in [-0.25, -0.2) is 0 Å². The van der Waals surface area contributed by atoms with Crippen molar-refractivity contribution in [1.29, 1.82) is 0 Å². The van der Waals surface area contributed by atoms with Gasteiger partial charge in [-0.15, -0.1) is 0 Å². The zero-order valence-electron chi connectivity index (χ0n) is 22.0. The maximum absolute atomic E-state index is 13.0. The molecular formula is C26H40N6O4S. The molecule has 2 aliphatic heterocycles. The van der Waals surface area contributed by atoms with E-state index in [2.05, 4.69) is 20.9 Å². The molecular weight excluding hydrogens is 492 g/mol. The van der Waals surface area contributed by atoms with Crippen LogP contribution in [0.2, 0.25) is 0 Å². The number of carbonyl (C=O) groups excluding carboxylic acids is 3. The van der Waals surface area contributed by atoms with E-state index in [0.29, 0.717) is 36.8 Å². The number of nitrogens with zero attached hydrogens (tertiary/aromatic N) is 2. The van der Waals surface area contributed by atoms with Gasteiger partial charge in [-0.2, -0.15) is 0 Å². The second-order valence-electron chi connectivity index (χ2n) is 9.36. The van der Waals surface area contributed by atoms with E-state index in [1.165, 1.54) is 24.6 Å². The maximum atomic E-state index is 13.0. The normalized spacial score (nSPS) is 20.1. The molecule has 0 aliphatic carbocycles. The first-order valence-corrected chi connectivity index (χ1v) is 13.8. The molecule has 0 saturated carbocycles. The van der Waals surface area contributed by atoms with Crippen molar-refractivity contribution >= 4 is 35.2 Å². The molecule has 5 N–H and O–H groups in total. The van der Waals surface area contributed by atoms with Gasteiger partial charge in [0.25, 0.3) is 11.8 Å². The van der Waals surface area contributed by atoms with Crippen molar-refractivity contribution in [3.8, 4) is 0 Å². The molecule has 0 bridgehead atoms. The summed E-state index contributed by atoms with van der Waals surface area (Å²) in [5.41, 5.74) is 7.49. The van der Waals surface area contributed by atoms with Crippen molar-refractivity contribution in [2.24, 2.45) is 5.73 Å². The molecule has 3 rings (SSSR count). The fourth-order valence-corrected chi connectivity index (χ4v) is 5.67. The first-order chi connectivity index (χ1) is 17.8. The van der Waals surface area contributed by atoms with E-state index in [0.717, 1.165) is 31.7 Å². The summed E-state index contributed by atoms with van der Waals surface area (Å²) >= 11 is 1.28. The number of carbonyl (C=O) groups is 3. The number of amides is 3. The van der Waals surface area contributed by atoms with Crippen molar-refractivity contribution in [2.75, 3.05) is 58.3 Å². The van der Waals surface area contributed by atoms with E-state index in [1.807, 2.05) is 26.0 Å². The number of likely N-dealkylation sites (tertiary alicyclic amines) is 1. The number of hydrogen-bond acceptors (Lipinski definition) is 8. The minimum atomic E-state index is -0.444. The van der Waals surface area contributed by atoms with Gasteiger partial charge in [0, 0.05) is 44.0 Å². The maximum Gasteiger partial charge on any atom is 0.270 e. The predicted octanol–water partition coefficient (Wildman–Crippen LogP) is 1.56. The SMILES string of the molecule is CCN1C(=O)[C@@H](CNc2cccc(C(=O)NCCCN3CCCC3)c2)S/C1=C(/N)C(=O)NC(C)COC. The number of ether oxygens (including phenoxy) is 1. The van der Waals surface area contributed by atoms with Crippen LogP contribution in [0.1, 0.15) is 43.5 Å². The molecule has 11 heteroatoms. The van der Waals surface area contributed by atoms with Gasteiger partial charge < -0.3 is 36.2 Å². The first-order valence-electron chi connectivity index (χ1n) is 13.0. The third-order valence-corrected chi connectivity index (χ3v) is 7.69. The van der Waals surface area contributed by atoms with Crippen LogP contribution in [-0.4, -0.2) is 91.8 Å². The molecule has 204 valence electrons. The zero-order valence-corrected chi connectivity index (χ0v) is 22.9. The summed E-state index contributed by atoms with van der Waals surface area (Å²) in [6, 6.07) is 7.04. The lowest BCUT2D eigenvalue weighted by atomic mass is 10.2. The molecule has 1 aromatic rings. The number of rotatable bonds is 13. The smallest absolute Gasteiger partial charge is 0.270 e. The molecule has 3 amide bonds. The van der Waals surface area contributed by atoms with Crippen molar-refractivity contribution in [2.45, 2.75) is 44.4 Å². The number of benzene rings is 1. The number of methoxy groups -OCH3 is 1.